The Hall–Kier alpha value is -1.74. The van der Waals surface area contributed by atoms with Crippen molar-refractivity contribution in [2.45, 2.75) is 39.7 Å². The minimum atomic E-state index is -0.179. The van der Waals surface area contributed by atoms with Gasteiger partial charge in [-0.2, -0.15) is 0 Å². The minimum Gasteiger partial charge on any atom is -0.310 e. The van der Waals surface area contributed by atoms with E-state index in [4.69, 9.17) is 0 Å². The van der Waals surface area contributed by atoms with Crippen LogP contribution in [0, 0.1) is 12.7 Å². The fourth-order valence-electron chi connectivity index (χ4n) is 2.51. The zero-order chi connectivity index (χ0) is 15.2. The van der Waals surface area contributed by atoms with Gasteiger partial charge < -0.3 is 5.32 Å². The Labute approximate surface area is 126 Å². The highest BCUT2D eigenvalue weighted by Gasteiger charge is 2.13. The van der Waals surface area contributed by atoms with Crippen molar-refractivity contribution in [3.8, 4) is 0 Å². The summed E-state index contributed by atoms with van der Waals surface area (Å²) in [6.07, 6.45) is 3.68. The predicted molar refractivity (Wildman–Crippen MR) is 84.9 cm³/mol. The maximum atomic E-state index is 13.6. The number of aryl methyl sites for hydroxylation is 2. The van der Waals surface area contributed by atoms with Crippen LogP contribution in [0.4, 0.5) is 4.39 Å². The van der Waals surface area contributed by atoms with Gasteiger partial charge in [-0.25, -0.2) is 4.39 Å². The molecule has 1 unspecified atom stereocenters. The van der Waals surface area contributed by atoms with E-state index in [-0.39, 0.29) is 11.9 Å². The van der Waals surface area contributed by atoms with E-state index in [0.29, 0.717) is 0 Å². The lowest BCUT2D eigenvalue weighted by atomic mass is 9.99. The van der Waals surface area contributed by atoms with Gasteiger partial charge in [0.2, 0.25) is 0 Å². The number of aromatic nitrogens is 1. The third-order valence-corrected chi connectivity index (χ3v) is 3.62. The van der Waals surface area contributed by atoms with Gasteiger partial charge in [0.05, 0.1) is 0 Å². The van der Waals surface area contributed by atoms with E-state index in [1.165, 1.54) is 5.56 Å². The molecule has 3 heteroatoms. The zero-order valence-electron chi connectivity index (χ0n) is 13.0. The molecule has 0 amide bonds. The second-order valence-corrected chi connectivity index (χ2v) is 5.39. The van der Waals surface area contributed by atoms with Gasteiger partial charge in [0.25, 0.3) is 0 Å². The highest BCUT2D eigenvalue weighted by Crippen LogP contribution is 2.20. The quantitative estimate of drug-likeness (QED) is 0.868. The summed E-state index contributed by atoms with van der Waals surface area (Å²) in [5, 5.41) is 3.42. The molecule has 0 radical (unpaired) electrons. The van der Waals surface area contributed by atoms with Crippen molar-refractivity contribution >= 4 is 0 Å². The van der Waals surface area contributed by atoms with E-state index in [2.05, 4.69) is 36.3 Å². The van der Waals surface area contributed by atoms with Gasteiger partial charge in [-0.3, -0.25) is 4.98 Å². The molecule has 0 fully saturated rings. The largest absolute Gasteiger partial charge is 0.310 e. The smallest absolute Gasteiger partial charge is 0.123 e. The van der Waals surface area contributed by atoms with Crippen LogP contribution in [-0.2, 0) is 12.8 Å². The first-order valence-electron chi connectivity index (χ1n) is 7.56. The molecule has 112 valence electrons. The van der Waals surface area contributed by atoms with Crippen LogP contribution >= 0.6 is 0 Å². The first kappa shape index (κ1) is 15.6. The maximum absolute atomic E-state index is 13.6. The number of likely N-dealkylation sites (N-methyl/N-ethyl adjacent to an activating group) is 1. The monoisotopic (exact) mass is 286 g/mol. The molecule has 0 aliphatic rings. The molecule has 0 saturated carbocycles. The first-order chi connectivity index (χ1) is 10.1. The Kier molecular flexibility index (Phi) is 5.45. The summed E-state index contributed by atoms with van der Waals surface area (Å²) >= 11 is 0. The number of benzene rings is 1. The molecule has 1 N–H and O–H groups in total. The van der Waals surface area contributed by atoms with E-state index < -0.39 is 0 Å². The van der Waals surface area contributed by atoms with Crippen LogP contribution in [0.1, 0.15) is 42.3 Å². The van der Waals surface area contributed by atoms with Crippen molar-refractivity contribution in [3.63, 3.8) is 0 Å². The number of hydrogen-bond acceptors (Lipinski definition) is 2. The van der Waals surface area contributed by atoms with Gasteiger partial charge in [0.1, 0.15) is 5.82 Å². The van der Waals surface area contributed by atoms with Crippen molar-refractivity contribution in [2.75, 3.05) is 6.54 Å². The summed E-state index contributed by atoms with van der Waals surface area (Å²) in [7, 11) is 0. The topological polar surface area (TPSA) is 24.9 Å². The molecule has 0 saturated heterocycles. The average Bonchev–Trinajstić information content (AvgIpc) is 2.46. The number of nitrogens with zero attached hydrogens (tertiary/aromatic N) is 1. The fraction of sp³-hybridized carbons (Fsp3) is 0.389. The van der Waals surface area contributed by atoms with Crippen LogP contribution in [0.2, 0.25) is 0 Å². The van der Waals surface area contributed by atoms with Crippen molar-refractivity contribution < 1.29 is 4.39 Å². The lowest BCUT2D eigenvalue weighted by Gasteiger charge is -2.19. The van der Waals surface area contributed by atoms with Gasteiger partial charge in [-0.05, 0) is 54.8 Å². The standard InChI is InChI=1S/C18H23FN2/c1-4-14-6-7-17(21-12-14)11-18(20-5-2)15-8-13(3)9-16(19)10-15/h6-10,12,18,20H,4-5,11H2,1-3H3. The van der Waals surface area contributed by atoms with Crippen LogP contribution in [0.25, 0.3) is 0 Å². The highest BCUT2D eigenvalue weighted by molar-refractivity contribution is 5.27. The van der Waals surface area contributed by atoms with E-state index in [9.17, 15) is 4.39 Å². The Morgan fingerprint density at radius 1 is 1.19 bits per heavy atom. The van der Waals surface area contributed by atoms with Crippen LogP contribution in [-0.4, -0.2) is 11.5 Å². The Balaban J connectivity index is 2.21. The van der Waals surface area contributed by atoms with E-state index in [1.807, 2.05) is 19.2 Å². The lowest BCUT2D eigenvalue weighted by molar-refractivity contribution is 0.537. The summed E-state index contributed by atoms with van der Waals surface area (Å²) in [4.78, 5) is 4.51. The van der Waals surface area contributed by atoms with Crippen LogP contribution in [0.5, 0.6) is 0 Å². The van der Waals surface area contributed by atoms with Crippen molar-refractivity contribution in [1.82, 2.24) is 10.3 Å². The van der Waals surface area contributed by atoms with Crippen LogP contribution in [0.15, 0.2) is 36.5 Å². The number of nitrogens with one attached hydrogen (secondary N) is 1. The third kappa shape index (κ3) is 4.36. The van der Waals surface area contributed by atoms with Crippen molar-refractivity contribution in [1.29, 1.82) is 0 Å². The molecule has 2 nitrogen and oxygen atoms in total. The Morgan fingerprint density at radius 3 is 2.57 bits per heavy atom. The molecular weight excluding hydrogens is 263 g/mol. The lowest BCUT2D eigenvalue weighted by Crippen LogP contribution is -2.23. The Bertz CT molecular complexity index is 558. The van der Waals surface area contributed by atoms with E-state index in [0.717, 1.165) is 36.2 Å². The average molecular weight is 286 g/mol. The Morgan fingerprint density at radius 2 is 2.00 bits per heavy atom. The molecule has 0 spiro atoms. The molecule has 1 atom stereocenters. The first-order valence-corrected chi connectivity index (χ1v) is 7.56. The summed E-state index contributed by atoms with van der Waals surface area (Å²) in [6, 6.07) is 9.47. The summed E-state index contributed by atoms with van der Waals surface area (Å²) in [6.45, 7) is 6.94. The van der Waals surface area contributed by atoms with Crippen molar-refractivity contribution in [3.05, 3.63) is 64.7 Å². The van der Waals surface area contributed by atoms with Gasteiger partial charge in [-0.15, -0.1) is 0 Å². The number of hydrogen-bond donors (Lipinski definition) is 1. The summed E-state index contributed by atoms with van der Waals surface area (Å²) in [5.74, 6) is -0.179. The second-order valence-electron chi connectivity index (χ2n) is 5.39. The number of pyridine rings is 1. The molecule has 1 aromatic carbocycles. The van der Waals surface area contributed by atoms with Gasteiger partial charge in [-0.1, -0.05) is 26.0 Å². The second kappa shape index (κ2) is 7.32. The van der Waals surface area contributed by atoms with Crippen molar-refractivity contribution in [2.24, 2.45) is 0 Å². The molecule has 1 heterocycles. The number of rotatable bonds is 6. The molecular formula is C18H23FN2. The van der Waals surface area contributed by atoms with Gasteiger partial charge in [0, 0.05) is 24.4 Å². The van der Waals surface area contributed by atoms with Gasteiger partial charge >= 0.3 is 0 Å². The van der Waals surface area contributed by atoms with E-state index in [1.54, 1.807) is 12.1 Å². The molecule has 0 aliphatic carbocycles. The molecule has 21 heavy (non-hydrogen) atoms. The highest BCUT2D eigenvalue weighted by atomic mass is 19.1. The third-order valence-electron chi connectivity index (χ3n) is 3.62. The fourth-order valence-corrected chi connectivity index (χ4v) is 2.51. The van der Waals surface area contributed by atoms with Crippen LogP contribution in [0.3, 0.4) is 0 Å². The maximum Gasteiger partial charge on any atom is 0.123 e. The molecule has 0 bridgehead atoms. The van der Waals surface area contributed by atoms with Gasteiger partial charge in [0.15, 0.2) is 0 Å². The molecule has 2 aromatic rings. The normalized spacial score (nSPS) is 12.4. The zero-order valence-corrected chi connectivity index (χ0v) is 13.0. The number of halogens is 1. The molecule has 2 rings (SSSR count). The predicted octanol–water partition coefficient (Wildman–Crippen LogP) is 3.98. The molecule has 1 aromatic heterocycles. The summed E-state index contributed by atoms with van der Waals surface area (Å²) in [5.41, 5.74) is 4.19. The minimum absolute atomic E-state index is 0.0874. The summed E-state index contributed by atoms with van der Waals surface area (Å²) < 4.78 is 13.6. The van der Waals surface area contributed by atoms with Crippen LogP contribution < -0.4 is 5.32 Å². The SMILES string of the molecule is CCNC(Cc1ccc(CC)cn1)c1cc(C)cc(F)c1. The molecule has 0 aliphatic heterocycles. The van der Waals surface area contributed by atoms with E-state index >= 15 is 0 Å².